The number of nitrogens with zero attached hydrogens (tertiary/aromatic N) is 2. The van der Waals surface area contributed by atoms with Gasteiger partial charge < -0.3 is 9.80 Å². The molecule has 1 saturated heterocycles. The molecule has 1 fully saturated rings. The highest BCUT2D eigenvalue weighted by Crippen LogP contribution is 2.14. The van der Waals surface area contributed by atoms with E-state index in [0.717, 1.165) is 38.2 Å². The van der Waals surface area contributed by atoms with Gasteiger partial charge in [-0.05, 0) is 31.6 Å². The van der Waals surface area contributed by atoms with Crippen molar-refractivity contribution in [3.05, 3.63) is 35.4 Å². The van der Waals surface area contributed by atoms with Crippen LogP contribution in [-0.4, -0.2) is 54.2 Å². The van der Waals surface area contributed by atoms with Crippen LogP contribution in [-0.2, 0) is 4.79 Å². The predicted molar refractivity (Wildman–Crippen MR) is 83.2 cm³/mol. The Kier molecular flexibility index (Phi) is 6.21. The molecule has 0 N–H and O–H groups in total. The molecule has 1 aliphatic rings. The summed E-state index contributed by atoms with van der Waals surface area (Å²) in [5.74, 6) is -2.16. The molecule has 1 aromatic rings. The molecule has 0 atom stereocenters. The van der Waals surface area contributed by atoms with Crippen LogP contribution in [0.25, 0.3) is 0 Å². The van der Waals surface area contributed by atoms with Gasteiger partial charge >= 0.3 is 0 Å². The fourth-order valence-corrected chi connectivity index (χ4v) is 2.77. The van der Waals surface area contributed by atoms with Crippen molar-refractivity contribution in [3.63, 3.8) is 0 Å². The van der Waals surface area contributed by atoms with Gasteiger partial charge in [0.2, 0.25) is 5.91 Å². The maximum Gasteiger partial charge on any atom is 0.223 e. The third kappa shape index (κ3) is 4.82. The van der Waals surface area contributed by atoms with E-state index in [2.05, 4.69) is 11.8 Å². The number of carbonyl (C=O) groups is 2. The van der Waals surface area contributed by atoms with Crippen molar-refractivity contribution in [2.24, 2.45) is 0 Å². The van der Waals surface area contributed by atoms with E-state index < -0.39 is 17.4 Å². The molecule has 1 aromatic carbocycles. The van der Waals surface area contributed by atoms with E-state index in [4.69, 9.17) is 0 Å². The monoisotopic (exact) mass is 324 g/mol. The molecule has 6 heteroatoms. The summed E-state index contributed by atoms with van der Waals surface area (Å²) >= 11 is 0. The van der Waals surface area contributed by atoms with E-state index in [-0.39, 0.29) is 24.3 Å². The van der Waals surface area contributed by atoms with Gasteiger partial charge in [0, 0.05) is 38.5 Å². The molecule has 1 aliphatic heterocycles. The molecule has 0 unspecified atom stereocenters. The summed E-state index contributed by atoms with van der Waals surface area (Å²) in [6.45, 7) is 6.21. The zero-order valence-corrected chi connectivity index (χ0v) is 13.4. The van der Waals surface area contributed by atoms with Gasteiger partial charge in [-0.2, -0.15) is 0 Å². The number of likely N-dealkylation sites (N-methyl/N-ethyl adjacent to an activating group) is 1. The van der Waals surface area contributed by atoms with E-state index in [1.165, 1.54) is 0 Å². The van der Waals surface area contributed by atoms with Crippen LogP contribution in [0.3, 0.4) is 0 Å². The van der Waals surface area contributed by atoms with Gasteiger partial charge in [-0.1, -0.05) is 6.92 Å². The van der Waals surface area contributed by atoms with E-state index in [0.29, 0.717) is 19.2 Å². The molecule has 126 valence electrons. The van der Waals surface area contributed by atoms with Crippen molar-refractivity contribution in [2.45, 2.75) is 26.2 Å². The van der Waals surface area contributed by atoms with Crippen LogP contribution in [0.15, 0.2) is 18.2 Å². The van der Waals surface area contributed by atoms with E-state index in [1.54, 1.807) is 4.90 Å². The maximum atomic E-state index is 13.6. The fraction of sp³-hybridized carbons (Fsp3) is 0.529. The van der Waals surface area contributed by atoms with Gasteiger partial charge in [0.25, 0.3) is 0 Å². The summed E-state index contributed by atoms with van der Waals surface area (Å²) in [6, 6.07) is 2.86. The summed E-state index contributed by atoms with van der Waals surface area (Å²) in [7, 11) is 0. The third-order valence-corrected chi connectivity index (χ3v) is 4.19. The number of benzene rings is 1. The summed E-state index contributed by atoms with van der Waals surface area (Å²) in [5, 5.41) is 0. The van der Waals surface area contributed by atoms with Crippen molar-refractivity contribution in [1.82, 2.24) is 9.80 Å². The van der Waals surface area contributed by atoms with Gasteiger partial charge in [0.15, 0.2) is 5.78 Å². The molecular weight excluding hydrogens is 302 g/mol. The highest BCUT2D eigenvalue weighted by Gasteiger charge is 2.20. The van der Waals surface area contributed by atoms with Crippen molar-refractivity contribution < 1.29 is 18.4 Å². The predicted octanol–water partition coefficient (Wildman–Crippen LogP) is 2.48. The Labute approximate surface area is 135 Å². The number of halogens is 2. The number of Topliss-reactive ketones (excluding diaryl/α,β-unsaturated/α-hetero) is 1. The lowest BCUT2D eigenvalue weighted by atomic mass is 10.1. The Morgan fingerprint density at radius 2 is 1.87 bits per heavy atom. The minimum Gasteiger partial charge on any atom is -0.341 e. The average Bonchev–Trinajstić information content (AvgIpc) is 2.77. The zero-order valence-electron chi connectivity index (χ0n) is 13.4. The van der Waals surface area contributed by atoms with Gasteiger partial charge in [-0.3, -0.25) is 9.59 Å². The van der Waals surface area contributed by atoms with E-state index in [1.807, 2.05) is 0 Å². The van der Waals surface area contributed by atoms with Crippen molar-refractivity contribution in [2.75, 3.05) is 32.7 Å². The molecule has 0 radical (unpaired) electrons. The third-order valence-electron chi connectivity index (χ3n) is 4.19. The second kappa shape index (κ2) is 8.15. The fourth-order valence-electron chi connectivity index (χ4n) is 2.77. The average molecular weight is 324 g/mol. The summed E-state index contributed by atoms with van der Waals surface area (Å²) in [6.07, 6.45) is 0.914. The van der Waals surface area contributed by atoms with Gasteiger partial charge in [0.05, 0.1) is 5.56 Å². The number of hydrogen-bond donors (Lipinski definition) is 0. The van der Waals surface area contributed by atoms with Crippen LogP contribution in [0, 0.1) is 11.6 Å². The van der Waals surface area contributed by atoms with E-state index in [9.17, 15) is 18.4 Å². The quantitative estimate of drug-likeness (QED) is 0.781. The lowest BCUT2D eigenvalue weighted by Crippen LogP contribution is -2.35. The van der Waals surface area contributed by atoms with Crippen LogP contribution < -0.4 is 0 Å². The van der Waals surface area contributed by atoms with Gasteiger partial charge in [0.1, 0.15) is 11.6 Å². The SMILES string of the molecule is CCN1CCCN(C(=O)CCC(=O)c2ccc(F)cc2F)CC1. The molecule has 1 heterocycles. The molecule has 0 bridgehead atoms. The maximum absolute atomic E-state index is 13.6. The van der Waals surface area contributed by atoms with Crippen LogP contribution in [0.4, 0.5) is 8.78 Å². The first kappa shape index (κ1) is 17.5. The Morgan fingerprint density at radius 3 is 2.57 bits per heavy atom. The second-order valence-electron chi connectivity index (χ2n) is 5.72. The summed E-state index contributed by atoms with van der Waals surface area (Å²) < 4.78 is 26.4. The van der Waals surface area contributed by atoms with Crippen LogP contribution in [0.5, 0.6) is 0 Å². The van der Waals surface area contributed by atoms with Crippen LogP contribution in [0.2, 0.25) is 0 Å². The molecule has 4 nitrogen and oxygen atoms in total. The largest absolute Gasteiger partial charge is 0.341 e. The molecule has 0 aliphatic carbocycles. The molecule has 23 heavy (non-hydrogen) atoms. The number of amides is 1. The summed E-state index contributed by atoms with van der Waals surface area (Å²) in [5.41, 5.74) is -0.160. The lowest BCUT2D eigenvalue weighted by molar-refractivity contribution is -0.131. The number of rotatable bonds is 5. The Hall–Kier alpha value is -1.82. The molecule has 0 spiro atoms. The smallest absolute Gasteiger partial charge is 0.223 e. The topological polar surface area (TPSA) is 40.6 Å². The minimum atomic E-state index is -0.879. The van der Waals surface area contributed by atoms with Gasteiger partial charge in [-0.25, -0.2) is 8.78 Å². The minimum absolute atomic E-state index is 0.0573. The summed E-state index contributed by atoms with van der Waals surface area (Å²) in [4.78, 5) is 28.3. The molecule has 0 aromatic heterocycles. The van der Waals surface area contributed by atoms with Crippen molar-refractivity contribution in [3.8, 4) is 0 Å². The first-order valence-electron chi connectivity index (χ1n) is 7.99. The first-order chi connectivity index (χ1) is 11.0. The second-order valence-corrected chi connectivity index (χ2v) is 5.72. The highest BCUT2D eigenvalue weighted by atomic mass is 19.1. The first-order valence-corrected chi connectivity index (χ1v) is 7.99. The van der Waals surface area contributed by atoms with Crippen LogP contribution in [0.1, 0.15) is 36.5 Å². The number of hydrogen-bond acceptors (Lipinski definition) is 3. The lowest BCUT2D eigenvalue weighted by Gasteiger charge is -2.21. The number of carbonyl (C=O) groups excluding carboxylic acids is 2. The van der Waals surface area contributed by atoms with Crippen LogP contribution >= 0.6 is 0 Å². The Balaban J connectivity index is 1.87. The standard InChI is InChI=1S/C17H22F2N2O2/c1-2-20-8-3-9-21(11-10-20)17(23)7-6-16(22)14-5-4-13(18)12-15(14)19/h4-5,12H,2-3,6-11H2,1H3. The van der Waals surface area contributed by atoms with Gasteiger partial charge in [-0.15, -0.1) is 0 Å². The Morgan fingerprint density at radius 1 is 1.09 bits per heavy atom. The number of ketones is 1. The molecule has 2 rings (SSSR count). The van der Waals surface area contributed by atoms with Crippen molar-refractivity contribution in [1.29, 1.82) is 0 Å². The van der Waals surface area contributed by atoms with E-state index >= 15 is 0 Å². The molecule has 1 amide bonds. The zero-order chi connectivity index (χ0) is 16.8. The molecular formula is C17H22F2N2O2. The normalized spacial score (nSPS) is 16.2. The Bertz CT molecular complexity index is 578. The van der Waals surface area contributed by atoms with Crippen molar-refractivity contribution >= 4 is 11.7 Å². The molecule has 0 saturated carbocycles. The highest BCUT2D eigenvalue weighted by molar-refractivity contribution is 5.98.